The topological polar surface area (TPSA) is 90.0 Å². The van der Waals surface area contributed by atoms with Gasteiger partial charge in [-0.05, 0) is 75.4 Å². The van der Waals surface area contributed by atoms with Crippen molar-refractivity contribution < 1.29 is 18.0 Å². The molecule has 3 heterocycles. The molecule has 2 fully saturated rings. The van der Waals surface area contributed by atoms with Crippen molar-refractivity contribution in [1.82, 2.24) is 19.4 Å². The second kappa shape index (κ2) is 11.9. The molecule has 0 bridgehead atoms. The lowest BCUT2D eigenvalue weighted by atomic mass is 9.93. The molecule has 208 valence electrons. The standard InChI is InChI=1S/C30H38N4O4S/c1-23-8-14-26(15-9-23)39(37,38)34-20-16-31-30(36)28(34)21-29(35)33-19-6-3-7-27(33)25-12-10-24(11-13-25)22-32-17-4-2-5-18-32/h8-16,20,27-28H,2-7,17-19,21-22H2,1H3,(H,31,36)/t27-,28+/m0/s1. The summed E-state index contributed by atoms with van der Waals surface area (Å²) in [6.07, 6.45) is 9.01. The summed E-state index contributed by atoms with van der Waals surface area (Å²) < 4.78 is 27.9. The van der Waals surface area contributed by atoms with E-state index in [0.29, 0.717) is 6.54 Å². The number of carbonyl (C=O) groups is 2. The number of carbonyl (C=O) groups excluding carboxylic acids is 2. The molecule has 0 aromatic heterocycles. The molecule has 2 aromatic rings. The Morgan fingerprint density at radius 1 is 0.923 bits per heavy atom. The van der Waals surface area contributed by atoms with Gasteiger partial charge in [0.15, 0.2) is 0 Å². The molecule has 1 N–H and O–H groups in total. The van der Waals surface area contributed by atoms with E-state index in [1.54, 1.807) is 12.1 Å². The predicted octanol–water partition coefficient (Wildman–Crippen LogP) is 4.09. The third kappa shape index (κ3) is 6.20. The van der Waals surface area contributed by atoms with Crippen LogP contribution in [0.4, 0.5) is 0 Å². The van der Waals surface area contributed by atoms with Crippen LogP contribution in [0.3, 0.4) is 0 Å². The van der Waals surface area contributed by atoms with Crippen molar-refractivity contribution in [2.24, 2.45) is 0 Å². The summed E-state index contributed by atoms with van der Waals surface area (Å²) in [7, 11) is -4.01. The molecule has 2 aromatic carbocycles. The fourth-order valence-corrected chi connectivity index (χ4v) is 7.30. The highest BCUT2D eigenvalue weighted by Crippen LogP contribution is 2.33. The third-order valence-electron chi connectivity index (χ3n) is 8.06. The predicted molar refractivity (Wildman–Crippen MR) is 150 cm³/mol. The zero-order chi connectivity index (χ0) is 27.4. The molecule has 3 aliphatic rings. The normalized spacial score (nSPS) is 22.5. The lowest BCUT2D eigenvalue weighted by Crippen LogP contribution is -2.52. The average molecular weight is 551 g/mol. The first-order valence-electron chi connectivity index (χ1n) is 14.0. The van der Waals surface area contributed by atoms with Gasteiger partial charge in [-0.1, -0.05) is 48.4 Å². The minimum Gasteiger partial charge on any atom is -0.336 e. The molecule has 2 atom stereocenters. The molecule has 8 nitrogen and oxygen atoms in total. The van der Waals surface area contributed by atoms with Gasteiger partial charge in [-0.2, -0.15) is 0 Å². The van der Waals surface area contributed by atoms with E-state index in [4.69, 9.17) is 0 Å². The summed E-state index contributed by atoms with van der Waals surface area (Å²) >= 11 is 0. The Morgan fingerprint density at radius 2 is 1.62 bits per heavy atom. The van der Waals surface area contributed by atoms with Crippen molar-refractivity contribution in [3.63, 3.8) is 0 Å². The van der Waals surface area contributed by atoms with E-state index in [9.17, 15) is 18.0 Å². The SMILES string of the molecule is Cc1ccc(S(=O)(=O)N2C=CNC(=O)[C@H]2CC(=O)N2CCCC[C@H]2c2ccc(CN3CCCCC3)cc2)cc1. The number of hydrogen-bond acceptors (Lipinski definition) is 5. The minimum atomic E-state index is -4.01. The number of hydrogen-bond donors (Lipinski definition) is 1. The van der Waals surface area contributed by atoms with Gasteiger partial charge in [-0.3, -0.25) is 18.8 Å². The van der Waals surface area contributed by atoms with Crippen LogP contribution in [0.15, 0.2) is 65.8 Å². The summed E-state index contributed by atoms with van der Waals surface area (Å²) in [5.41, 5.74) is 3.29. The van der Waals surface area contributed by atoms with Gasteiger partial charge in [0, 0.05) is 25.5 Å². The van der Waals surface area contributed by atoms with Crippen LogP contribution in [0.5, 0.6) is 0 Å². The Kier molecular flexibility index (Phi) is 8.37. The van der Waals surface area contributed by atoms with Gasteiger partial charge >= 0.3 is 0 Å². The third-order valence-corrected chi connectivity index (χ3v) is 9.86. The van der Waals surface area contributed by atoms with Crippen molar-refractivity contribution in [2.75, 3.05) is 19.6 Å². The van der Waals surface area contributed by atoms with Crippen molar-refractivity contribution in [1.29, 1.82) is 0 Å². The van der Waals surface area contributed by atoms with Gasteiger partial charge < -0.3 is 10.2 Å². The number of sulfonamides is 1. The smallest absolute Gasteiger partial charge is 0.264 e. The Balaban J connectivity index is 1.31. The van der Waals surface area contributed by atoms with E-state index in [-0.39, 0.29) is 23.3 Å². The van der Waals surface area contributed by atoms with Gasteiger partial charge in [-0.25, -0.2) is 8.42 Å². The number of amides is 2. The average Bonchev–Trinajstić information content (AvgIpc) is 2.95. The molecule has 39 heavy (non-hydrogen) atoms. The van der Waals surface area contributed by atoms with Gasteiger partial charge in [0.2, 0.25) is 11.8 Å². The molecule has 3 aliphatic heterocycles. The van der Waals surface area contributed by atoms with Gasteiger partial charge in [0.25, 0.3) is 10.0 Å². The number of nitrogens with one attached hydrogen (secondary N) is 1. The lowest BCUT2D eigenvalue weighted by molar-refractivity contribution is -0.138. The molecule has 0 aliphatic carbocycles. The van der Waals surface area contributed by atoms with E-state index >= 15 is 0 Å². The highest BCUT2D eigenvalue weighted by atomic mass is 32.2. The fraction of sp³-hybridized carbons (Fsp3) is 0.467. The fourth-order valence-electron chi connectivity index (χ4n) is 5.85. The van der Waals surface area contributed by atoms with E-state index in [1.807, 2.05) is 11.8 Å². The molecule has 0 radical (unpaired) electrons. The first-order valence-corrected chi connectivity index (χ1v) is 15.4. The molecule has 0 unspecified atom stereocenters. The van der Waals surface area contributed by atoms with Crippen LogP contribution in [0, 0.1) is 6.92 Å². The maximum absolute atomic E-state index is 13.7. The molecule has 0 saturated carbocycles. The summed E-state index contributed by atoms with van der Waals surface area (Å²) in [4.78, 5) is 31.0. The Morgan fingerprint density at radius 3 is 2.33 bits per heavy atom. The van der Waals surface area contributed by atoms with Crippen LogP contribution in [-0.4, -0.2) is 60.0 Å². The first kappa shape index (κ1) is 27.4. The molecule has 0 spiro atoms. The van der Waals surface area contributed by atoms with Crippen LogP contribution in [0.1, 0.15) is 67.7 Å². The van der Waals surface area contributed by atoms with Crippen molar-refractivity contribution >= 4 is 21.8 Å². The lowest BCUT2D eigenvalue weighted by Gasteiger charge is -2.38. The number of nitrogens with zero attached hydrogens (tertiary/aromatic N) is 3. The van der Waals surface area contributed by atoms with Gasteiger partial charge in [-0.15, -0.1) is 0 Å². The van der Waals surface area contributed by atoms with E-state index in [0.717, 1.165) is 54.3 Å². The first-order chi connectivity index (χ1) is 18.8. The highest BCUT2D eigenvalue weighted by molar-refractivity contribution is 7.89. The maximum atomic E-state index is 13.7. The van der Waals surface area contributed by atoms with Crippen molar-refractivity contribution in [3.8, 4) is 0 Å². The summed E-state index contributed by atoms with van der Waals surface area (Å²) in [5.74, 6) is -0.714. The summed E-state index contributed by atoms with van der Waals surface area (Å²) in [6.45, 7) is 5.71. The van der Waals surface area contributed by atoms with Gasteiger partial charge in [0.1, 0.15) is 6.04 Å². The number of likely N-dealkylation sites (tertiary alicyclic amines) is 2. The number of aryl methyl sites for hydroxylation is 1. The second-order valence-corrected chi connectivity index (χ2v) is 12.7. The summed E-state index contributed by atoms with van der Waals surface area (Å²) in [5, 5.41) is 2.59. The van der Waals surface area contributed by atoms with Crippen molar-refractivity contribution in [3.05, 3.63) is 77.6 Å². The number of rotatable bonds is 7. The van der Waals surface area contributed by atoms with E-state index in [2.05, 4.69) is 34.5 Å². The van der Waals surface area contributed by atoms with Crippen LogP contribution in [-0.2, 0) is 26.2 Å². The van der Waals surface area contributed by atoms with Crippen LogP contribution in [0.2, 0.25) is 0 Å². The number of benzene rings is 2. The van der Waals surface area contributed by atoms with E-state index in [1.165, 1.54) is 49.4 Å². The van der Waals surface area contributed by atoms with E-state index < -0.39 is 22.0 Å². The van der Waals surface area contributed by atoms with Crippen LogP contribution < -0.4 is 5.32 Å². The Labute approximate surface area is 231 Å². The maximum Gasteiger partial charge on any atom is 0.264 e. The Bertz CT molecular complexity index is 1300. The molecular formula is C30H38N4O4S. The summed E-state index contributed by atoms with van der Waals surface area (Å²) in [6, 6.07) is 13.8. The quantitative estimate of drug-likeness (QED) is 0.561. The van der Waals surface area contributed by atoms with Crippen LogP contribution >= 0.6 is 0 Å². The zero-order valence-corrected chi connectivity index (χ0v) is 23.4. The zero-order valence-electron chi connectivity index (χ0n) is 22.6. The number of piperidine rings is 2. The minimum absolute atomic E-state index is 0.0837. The molecule has 5 rings (SSSR count). The Hall–Kier alpha value is -3.17. The highest BCUT2D eigenvalue weighted by Gasteiger charge is 2.39. The van der Waals surface area contributed by atoms with Crippen molar-refractivity contribution in [2.45, 2.75) is 75.4 Å². The van der Waals surface area contributed by atoms with Crippen LogP contribution in [0.25, 0.3) is 0 Å². The molecule has 2 amide bonds. The second-order valence-electron chi connectivity index (χ2n) is 10.9. The molecule has 2 saturated heterocycles. The molecule has 9 heteroatoms. The molecular weight excluding hydrogens is 512 g/mol. The monoisotopic (exact) mass is 550 g/mol. The largest absolute Gasteiger partial charge is 0.336 e. The van der Waals surface area contributed by atoms with Gasteiger partial charge in [0.05, 0.1) is 17.4 Å².